The van der Waals surface area contributed by atoms with E-state index in [-0.39, 0.29) is 37.1 Å². The molecule has 18 heteroatoms. The minimum atomic E-state index is -5.05. The maximum atomic E-state index is 13.6. The molecule has 0 saturated carbocycles. The van der Waals surface area contributed by atoms with Gasteiger partial charge in [-0.2, -0.15) is 19.0 Å². The van der Waals surface area contributed by atoms with Crippen molar-refractivity contribution in [2.24, 2.45) is 12.5 Å². The smallest absolute Gasteiger partial charge is 0.355 e. The molecule has 0 bridgehead atoms. The van der Waals surface area contributed by atoms with Crippen LogP contribution in [0.2, 0.25) is 0 Å². The Labute approximate surface area is 303 Å². The summed E-state index contributed by atoms with van der Waals surface area (Å²) in [7, 11) is -3.34. The van der Waals surface area contributed by atoms with Crippen LogP contribution in [0, 0.1) is 11.2 Å². The van der Waals surface area contributed by atoms with Gasteiger partial charge in [-0.05, 0) is 42.2 Å². The summed E-state index contributed by atoms with van der Waals surface area (Å²) in [6, 6.07) is 9.67. The Hall–Kier alpha value is -5.20. The normalized spacial score (nSPS) is 13.4. The van der Waals surface area contributed by atoms with Crippen LogP contribution in [-0.4, -0.2) is 75.7 Å². The van der Waals surface area contributed by atoms with Gasteiger partial charge in [-0.3, -0.25) is 14.1 Å². The van der Waals surface area contributed by atoms with Crippen molar-refractivity contribution in [2.75, 3.05) is 30.3 Å². The highest BCUT2D eigenvalue weighted by molar-refractivity contribution is 7.93. The molecular weight excluding hydrogens is 719 g/mol. The van der Waals surface area contributed by atoms with Crippen molar-refractivity contribution >= 4 is 38.4 Å². The quantitative estimate of drug-likeness (QED) is 0.102. The van der Waals surface area contributed by atoms with Crippen molar-refractivity contribution in [3.63, 3.8) is 0 Å². The molecule has 2 aromatic carbocycles. The Morgan fingerprint density at radius 3 is 2.43 bits per heavy atom. The number of ether oxygens (including phenoxy) is 3. The molecule has 5 aromatic rings. The van der Waals surface area contributed by atoms with E-state index in [2.05, 4.69) is 10.1 Å². The first kappa shape index (κ1) is 39.0. The first-order chi connectivity index (χ1) is 25.0. The van der Waals surface area contributed by atoms with E-state index in [0.29, 0.717) is 45.4 Å². The SMILES string of the molecule is C[C@H](Oc1cc(-c2nn(C)c3c(-c4cnn(CCOCCOC(C(=O)O)C(C)(C)C)c4)cnc(N)c23)ccc1NS(=O)(=O)C(F)F)c1ccc(F)cc1. The van der Waals surface area contributed by atoms with Crippen LogP contribution >= 0.6 is 0 Å². The van der Waals surface area contributed by atoms with Gasteiger partial charge in [0.2, 0.25) is 0 Å². The number of pyridine rings is 1. The Balaban J connectivity index is 1.39. The number of aliphatic carboxylic acids is 1. The number of sulfonamides is 1. The number of aromatic nitrogens is 5. The van der Waals surface area contributed by atoms with Crippen molar-refractivity contribution < 1.29 is 45.7 Å². The summed E-state index contributed by atoms with van der Waals surface area (Å²) in [6.45, 7) is 8.00. The molecule has 0 aliphatic carbocycles. The molecule has 0 aliphatic heterocycles. The second-order valence-electron chi connectivity index (χ2n) is 13.2. The monoisotopic (exact) mass is 759 g/mol. The number of nitrogens with one attached hydrogen (secondary N) is 1. The number of carbonyl (C=O) groups is 1. The average Bonchev–Trinajstić information content (AvgIpc) is 3.70. The first-order valence-electron chi connectivity index (χ1n) is 16.4. The lowest BCUT2D eigenvalue weighted by atomic mass is 9.89. The number of alkyl halides is 2. The zero-order chi connectivity index (χ0) is 38.7. The van der Waals surface area contributed by atoms with Crippen LogP contribution in [0.1, 0.15) is 39.4 Å². The van der Waals surface area contributed by atoms with Crippen LogP contribution in [-0.2, 0) is 37.9 Å². The van der Waals surface area contributed by atoms with Gasteiger partial charge in [-0.1, -0.05) is 39.0 Å². The molecule has 0 saturated heterocycles. The highest BCUT2D eigenvalue weighted by atomic mass is 32.2. The molecule has 4 N–H and O–H groups in total. The minimum absolute atomic E-state index is 0.0870. The Morgan fingerprint density at radius 2 is 1.77 bits per heavy atom. The van der Waals surface area contributed by atoms with Gasteiger partial charge in [0.15, 0.2) is 6.10 Å². The molecule has 53 heavy (non-hydrogen) atoms. The summed E-state index contributed by atoms with van der Waals surface area (Å²) in [4.78, 5) is 15.9. The molecule has 2 atom stereocenters. The van der Waals surface area contributed by atoms with Crippen molar-refractivity contribution in [1.29, 1.82) is 0 Å². The van der Waals surface area contributed by atoms with E-state index in [1.54, 1.807) is 62.7 Å². The molecule has 0 radical (unpaired) electrons. The molecular formula is C35H40F3N7O7S. The lowest BCUT2D eigenvalue weighted by Gasteiger charge is -2.26. The summed E-state index contributed by atoms with van der Waals surface area (Å²) < 4.78 is 86.9. The van der Waals surface area contributed by atoms with Crippen molar-refractivity contribution in [1.82, 2.24) is 24.5 Å². The van der Waals surface area contributed by atoms with E-state index >= 15 is 0 Å². The van der Waals surface area contributed by atoms with E-state index in [1.165, 1.54) is 42.5 Å². The molecule has 14 nitrogen and oxygen atoms in total. The number of fused-ring (bicyclic) bond motifs is 1. The molecule has 1 unspecified atom stereocenters. The van der Waals surface area contributed by atoms with Crippen LogP contribution < -0.4 is 15.2 Å². The van der Waals surface area contributed by atoms with E-state index < -0.39 is 45.2 Å². The number of rotatable bonds is 16. The molecule has 0 amide bonds. The van der Waals surface area contributed by atoms with Gasteiger partial charge >= 0.3 is 11.7 Å². The summed E-state index contributed by atoms with van der Waals surface area (Å²) >= 11 is 0. The second kappa shape index (κ2) is 15.8. The van der Waals surface area contributed by atoms with E-state index in [0.717, 1.165) is 0 Å². The molecule has 0 fully saturated rings. The van der Waals surface area contributed by atoms with Gasteiger partial charge in [-0.15, -0.1) is 0 Å². The second-order valence-corrected chi connectivity index (χ2v) is 14.9. The fourth-order valence-corrected chi connectivity index (χ4v) is 6.16. The number of benzene rings is 2. The summed E-state index contributed by atoms with van der Waals surface area (Å²) in [5.74, 6) is -5.13. The van der Waals surface area contributed by atoms with Crippen LogP contribution in [0.5, 0.6) is 5.75 Å². The molecule has 3 aromatic heterocycles. The zero-order valence-electron chi connectivity index (χ0n) is 29.6. The third kappa shape index (κ3) is 9.06. The topological polar surface area (TPSA) is 186 Å². The molecule has 0 aliphatic rings. The van der Waals surface area contributed by atoms with Crippen LogP contribution in [0.15, 0.2) is 61.1 Å². The van der Waals surface area contributed by atoms with Gasteiger partial charge in [0.1, 0.15) is 29.2 Å². The largest absolute Gasteiger partial charge is 0.484 e. The number of nitrogens with zero attached hydrogens (tertiary/aromatic N) is 5. The first-order valence-corrected chi connectivity index (χ1v) is 17.9. The van der Waals surface area contributed by atoms with E-state index in [9.17, 15) is 31.5 Å². The van der Waals surface area contributed by atoms with Crippen molar-refractivity contribution in [2.45, 2.75) is 52.2 Å². The highest BCUT2D eigenvalue weighted by Gasteiger charge is 2.32. The van der Waals surface area contributed by atoms with Crippen molar-refractivity contribution in [3.8, 4) is 28.1 Å². The van der Waals surface area contributed by atoms with E-state index in [1.807, 2.05) is 4.72 Å². The maximum Gasteiger partial charge on any atom is 0.355 e. The number of anilines is 2. The molecule has 0 spiro atoms. The highest BCUT2D eigenvalue weighted by Crippen LogP contribution is 2.40. The Morgan fingerprint density at radius 1 is 1.06 bits per heavy atom. The van der Waals surface area contributed by atoms with Gasteiger partial charge in [0, 0.05) is 36.1 Å². The number of hydrogen-bond acceptors (Lipinski definition) is 10. The van der Waals surface area contributed by atoms with E-state index in [4.69, 9.17) is 25.0 Å². The van der Waals surface area contributed by atoms with Gasteiger partial charge in [-0.25, -0.2) is 22.6 Å². The molecule has 5 rings (SSSR count). The van der Waals surface area contributed by atoms with Crippen LogP contribution in [0.3, 0.4) is 0 Å². The number of carboxylic acid groups (broad SMARTS) is 1. The number of halogens is 3. The number of nitrogens with two attached hydrogens (primary N) is 1. The van der Waals surface area contributed by atoms with Crippen LogP contribution in [0.25, 0.3) is 33.3 Å². The number of carboxylic acids is 1. The molecule has 3 heterocycles. The fraction of sp³-hybridized carbons (Fsp3) is 0.371. The van der Waals surface area contributed by atoms with Gasteiger partial charge < -0.3 is 25.1 Å². The van der Waals surface area contributed by atoms with Gasteiger partial charge in [0.05, 0.1) is 49.2 Å². The Bertz CT molecular complexity index is 2190. The fourth-order valence-electron chi connectivity index (χ4n) is 5.59. The Kier molecular flexibility index (Phi) is 11.6. The average molecular weight is 760 g/mol. The maximum absolute atomic E-state index is 13.6. The number of nitrogen functional groups attached to an aromatic ring is 1. The van der Waals surface area contributed by atoms with Crippen LogP contribution in [0.4, 0.5) is 24.7 Å². The molecule has 284 valence electrons. The summed E-state index contributed by atoms with van der Waals surface area (Å²) in [5.41, 5.74) is 8.87. The number of aryl methyl sites for hydroxylation is 1. The lowest BCUT2D eigenvalue weighted by molar-refractivity contribution is -0.159. The zero-order valence-corrected chi connectivity index (χ0v) is 30.4. The van der Waals surface area contributed by atoms with Crippen molar-refractivity contribution in [3.05, 3.63) is 72.4 Å². The predicted molar refractivity (Wildman–Crippen MR) is 191 cm³/mol. The minimum Gasteiger partial charge on any atom is -0.484 e. The summed E-state index contributed by atoms with van der Waals surface area (Å²) in [5, 5.41) is 19.0. The third-order valence-corrected chi connectivity index (χ3v) is 9.18. The standard InChI is InChI=1S/C35H40F3N7O7S/c1-20(21-6-9-24(36)10-7-21)52-27-16-22(8-11-26(27)43-53(48,49)34(37)38)29-28-30(44(5)42-29)25(18-40-32(28)39)23-17-41-45(19-23)12-13-50-14-15-51-31(33(46)47)35(2,3)4/h6-11,16-20,31,34,43H,12-15H2,1-5H3,(H2,39,40)(H,46,47)/t20-,31?/m0/s1. The lowest BCUT2D eigenvalue weighted by Crippen LogP contribution is -2.37. The van der Waals surface area contributed by atoms with Gasteiger partial charge in [0.25, 0.3) is 10.0 Å². The third-order valence-electron chi connectivity index (χ3n) is 8.21. The summed E-state index contributed by atoms with van der Waals surface area (Å²) in [6.07, 6.45) is 3.33. The predicted octanol–water partition coefficient (Wildman–Crippen LogP) is 5.86. The number of hydrogen-bond donors (Lipinski definition) is 3.